The zero-order valence-electron chi connectivity index (χ0n) is 11.8. The van der Waals surface area contributed by atoms with E-state index in [4.69, 9.17) is 0 Å². The van der Waals surface area contributed by atoms with Gasteiger partial charge in [0.05, 0.1) is 0 Å². The summed E-state index contributed by atoms with van der Waals surface area (Å²) >= 11 is 0. The molecule has 4 nitrogen and oxygen atoms in total. The molecule has 0 spiro atoms. The van der Waals surface area contributed by atoms with Gasteiger partial charge in [0, 0.05) is 11.9 Å². The highest BCUT2D eigenvalue weighted by atomic mass is 16.2. The van der Waals surface area contributed by atoms with Gasteiger partial charge < -0.3 is 5.32 Å². The lowest BCUT2D eigenvalue weighted by atomic mass is 10.0. The number of anilines is 2. The normalized spacial score (nSPS) is 10.1. The van der Waals surface area contributed by atoms with Crippen LogP contribution in [0.4, 0.5) is 16.3 Å². The van der Waals surface area contributed by atoms with Crippen LogP contribution in [0.5, 0.6) is 0 Å². The second-order valence-corrected chi connectivity index (χ2v) is 4.45. The molecule has 0 aliphatic heterocycles. The van der Waals surface area contributed by atoms with E-state index in [2.05, 4.69) is 29.5 Å². The number of pyridine rings is 1. The fourth-order valence-electron chi connectivity index (χ4n) is 2.10. The summed E-state index contributed by atoms with van der Waals surface area (Å²) in [4.78, 5) is 16.1. The van der Waals surface area contributed by atoms with E-state index >= 15 is 0 Å². The maximum Gasteiger partial charge on any atom is 0.324 e. The molecule has 0 bridgehead atoms. The summed E-state index contributed by atoms with van der Waals surface area (Å²) in [5.41, 5.74) is 3.19. The zero-order valence-corrected chi connectivity index (χ0v) is 11.8. The molecule has 0 fully saturated rings. The molecule has 0 saturated carbocycles. The van der Waals surface area contributed by atoms with E-state index < -0.39 is 0 Å². The molecule has 1 aromatic heterocycles. The monoisotopic (exact) mass is 269 g/mol. The Morgan fingerprint density at radius 1 is 1.00 bits per heavy atom. The number of benzene rings is 1. The second kappa shape index (κ2) is 6.70. The second-order valence-electron chi connectivity index (χ2n) is 4.45. The highest BCUT2D eigenvalue weighted by Crippen LogP contribution is 2.22. The van der Waals surface area contributed by atoms with E-state index in [1.54, 1.807) is 12.3 Å². The van der Waals surface area contributed by atoms with Crippen molar-refractivity contribution < 1.29 is 4.79 Å². The van der Waals surface area contributed by atoms with Crippen LogP contribution in [-0.4, -0.2) is 11.0 Å². The minimum Gasteiger partial charge on any atom is -0.307 e. The molecular weight excluding hydrogens is 250 g/mol. The summed E-state index contributed by atoms with van der Waals surface area (Å²) < 4.78 is 0. The van der Waals surface area contributed by atoms with E-state index in [0.717, 1.165) is 29.7 Å². The van der Waals surface area contributed by atoms with Gasteiger partial charge in [0.1, 0.15) is 5.82 Å². The van der Waals surface area contributed by atoms with Crippen LogP contribution in [0, 0.1) is 0 Å². The van der Waals surface area contributed by atoms with Crippen LogP contribution in [0.3, 0.4) is 0 Å². The standard InChI is InChI=1S/C16H19N3O/c1-3-12-8-7-9-13(4-2)15(12)19-16(20)18-14-10-5-6-11-17-14/h5-11H,3-4H2,1-2H3,(H2,17,18,19,20). The summed E-state index contributed by atoms with van der Waals surface area (Å²) in [6.07, 6.45) is 3.41. The first kappa shape index (κ1) is 14.1. The van der Waals surface area contributed by atoms with E-state index in [-0.39, 0.29) is 6.03 Å². The van der Waals surface area contributed by atoms with Crippen molar-refractivity contribution in [3.8, 4) is 0 Å². The quantitative estimate of drug-likeness (QED) is 0.885. The van der Waals surface area contributed by atoms with Gasteiger partial charge in [-0.1, -0.05) is 38.1 Å². The first-order valence-electron chi connectivity index (χ1n) is 6.84. The van der Waals surface area contributed by atoms with Gasteiger partial charge in [0.15, 0.2) is 0 Å². The molecule has 2 amide bonds. The van der Waals surface area contributed by atoms with Gasteiger partial charge in [-0.3, -0.25) is 5.32 Å². The van der Waals surface area contributed by atoms with Crippen LogP contribution in [0.15, 0.2) is 42.6 Å². The minimum atomic E-state index is -0.265. The average Bonchev–Trinajstić information content (AvgIpc) is 2.48. The van der Waals surface area contributed by atoms with Crippen molar-refractivity contribution >= 4 is 17.5 Å². The van der Waals surface area contributed by atoms with Crippen molar-refractivity contribution in [2.45, 2.75) is 26.7 Å². The van der Waals surface area contributed by atoms with E-state index in [9.17, 15) is 4.79 Å². The lowest BCUT2D eigenvalue weighted by molar-refractivity contribution is 0.262. The van der Waals surface area contributed by atoms with Crippen LogP contribution in [0.2, 0.25) is 0 Å². The summed E-state index contributed by atoms with van der Waals surface area (Å²) in [7, 11) is 0. The first-order chi connectivity index (χ1) is 9.74. The summed E-state index contributed by atoms with van der Waals surface area (Å²) in [5, 5.41) is 5.67. The highest BCUT2D eigenvalue weighted by molar-refractivity contribution is 6.00. The highest BCUT2D eigenvalue weighted by Gasteiger charge is 2.10. The molecule has 104 valence electrons. The topological polar surface area (TPSA) is 54.0 Å². The van der Waals surface area contributed by atoms with Gasteiger partial charge >= 0.3 is 6.03 Å². The molecular formula is C16H19N3O. The zero-order chi connectivity index (χ0) is 14.4. The molecule has 2 N–H and O–H groups in total. The summed E-state index contributed by atoms with van der Waals surface area (Å²) in [6.45, 7) is 4.16. The predicted octanol–water partition coefficient (Wildman–Crippen LogP) is 3.85. The maximum absolute atomic E-state index is 12.1. The summed E-state index contributed by atoms with van der Waals surface area (Å²) in [5.74, 6) is 0.539. The number of nitrogens with one attached hydrogen (secondary N) is 2. The van der Waals surface area contributed by atoms with Crippen molar-refractivity contribution in [1.29, 1.82) is 0 Å². The molecule has 2 aromatic rings. The van der Waals surface area contributed by atoms with Gasteiger partial charge in [-0.2, -0.15) is 0 Å². The SMILES string of the molecule is CCc1cccc(CC)c1NC(=O)Nc1ccccn1. The average molecular weight is 269 g/mol. The van der Waals surface area contributed by atoms with Crippen molar-refractivity contribution in [3.05, 3.63) is 53.7 Å². The Labute approximate surface area is 119 Å². The Hall–Kier alpha value is -2.36. The van der Waals surface area contributed by atoms with Crippen LogP contribution in [0.1, 0.15) is 25.0 Å². The first-order valence-corrected chi connectivity index (χ1v) is 6.84. The lowest BCUT2D eigenvalue weighted by Gasteiger charge is -2.14. The molecule has 0 atom stereocenters. The molecule has 20 heavy (non-hydrogen) atoms. The molecule has 1 aromatic carbocycles. The lowest BCUT2D eigenvalue weighted by Crippen LogP contribution is -2.21. The maximum atomic E-state index is 12.1. The van der Waals surface area contributed by atoms with E-state index in [0.29, 0.717) is 5.82 Å². The smallest absolute Gasteiger partial charge is 0.307 e. The van der Waals surface area contributed by atoms with Crippen molar-refractivity contribution in [3.63, 3.8) is 0 Å². The van der Waals surface area contributed by atoms with Crippen molar-refractivity contribution in [1.82, 2.24) is 4.98 Å². The molecule has 0 aliphatic carbocycles. The Morgan fingerprint density at radius 3 is 2.25 bits per heavy atom. The molecule has 2 rings (SSSR count). The Bertz CT molecular complexity index is 559. The van der Waals surface area contributed by atoms with Gasteiger partial charge in [-0.05, 0) is 36.1 Å². The number of aromatic nitrogens is 1. The number of aryl methyl sites for hydroxylation is 2. The van der Waals surface area contributed by atoms with Gasteiger partial charge in [-0.15, -0.1) is 0 Å². The Kier molecular flexibility index (Phi) is 4.71. The fourth-order valence-corrected chi connectivity index (χ4v) is 2.10. The fraction of sp³-hybridized carbons (Fsp3) is 0.250. The number of hydrogen-bond donors (Lipinski definition) is 2. The van der Waals surface area contributed by atoms with Crippen molar-refractivity contribution in [2.75, 3.05) is 10.6 Å². The van der Waals surface area contributed by atoms with Gasteiger partial charge in [0.2, 0.25) is 0 Å². The van der Waals surface area contributed by atoms with Crippen LogP contribution in [0.25, 0.3) is 0 Å². The third-order valence-electron chi connectivity index (χ3n) is 3.14. The number of para-hydroxylation sites is 1. The number of carbonyl (C=O) groups excluding carboxylic acids is 1. The third-order valence-corrected chi connectivity index (χ3v) is 3.14. The van der Waals surface area contributed by atoms with Crippen LogP contribution in [-0.2, 0) is 12.8 Å². The molecule has 0 radical (unpaired) electrons. The van der Waals surface area contributed by atoms with E-state index in [1.165, 1.54) is 0 Å². The third kappa shape index (κ3) is 3.35. The molecule has 1 heterocycles. The minimum absolute atomic E-state index is 0.265. The molecule has 0 saturated heterocycles. The Morgan fingerprint density at radius 2 is 1.70 bits per heavy atom. The molecule has 4 heteroatoms. The van der Waals surface area contributed by atoms with Crippen LogP contribution < -0.4 is 10.6 Å². The Balaban J connectivity index is 2.15. The number of urea groups is 1. The van der Waals surface area contributed by atoms with E-state index in [1.807, 2.05) is 30.3 Å². The number of amides is 2. The van der Waals surface area contributed by atoms with Crippen LogP contribution >= 0.6 is 0 Å². The largest absolute Gasteiger partial charge is 0.324 e. The number of nitrogens with zero attached hydrogens (tertiary/aromatic N) is 1. The number of rotatable bonds is 4. The number of carbonyl (C=O) groups is 1. The van der Waals surface area contributed by atoms with Gasteiger partial charge in [0.25, 0.3) is 0 Å². The summed E-state index contributed by atoms with van der Waals surface area (Å²) in [6, 6.07) is 11.2. The van der Waals surface area contributed by atoms with Crippen molar-refractivity contribution in [2.24, 2.45) is 0 Å². The molecule has 0 unspecified atom stereocenters. The number of hydrogen-bond acceptors (Lipinski definition) is 2. The predicted molar refractivity (Wildman–Crippen MR) is 82.1 cm³/mol. The molecule has 0 aliphatic rings. The van der Waals surface area contributed by atoms with Gasteiger partial charge in [-0.25, -0.2) is 9.78 Å².